The molecule has 0 aromatic rings. The van der Waals surface area contributed by atoms with E-state index in [0.717, 1.165) is 19.3 Å². The molecule has 0 radical (unpaired) electrons. The van der Waals surface area contributed by atoms with Crippen LogP contribution in [0.3, 0.4) is 0 Å². The summed E-state index contributed by atoms with van der Waals surface area (Å²) >= 11 is 0. The number of carbonyl (C=O) groups is 1. The fourth-order valence-electron chi connectivity index (χ4n) is 1.33. The zero-order valence-corrected chi connectivity index (χ0v) is 13.0. The van der Waals surface area contributed by atoms with Gasteiger partial charge in [0.25, 0.3) is 0 Å². The third kappa shape index (κ3) is 5.26. The van der Waals surface area contributed by atoms with Gasteiger partial charge in [0, 0.05) is 12.5 Å². The summed E-state index contributed by atoms with van der Waals surface area (Å²) in [7, 11) is -1.62. The van der Waals surface area contributed by atoms with E-state index in [1.54, 1.807) is 0 Å². The maximum atomic E-state index is 10.6. The van der Waals surface area contributed by atoms with Crippen molar-refractivity contribution in [3.05, 3.63) is 0 Å². The maximum absolute atomic E-state index is 10.6. The van der Waals surface area contributed by atoms with Gasteiger partial charge in [0.2, 0.25) is 0 Å². The fraction of sp³-hybridized carbons (Fsp3) is 0.923. The van der Waals surface area contributed by atoms with Crippen LogP contribution in [0.25, 0.3) is 0 Å². The minimum absolute atomic E-state index is 0.151. The Morgan fingerprint density at radius 1 is 1.25 bits per heavy atom. The van der Waals surface area contributed by atoms with Crippen molar-refractivity contribution < 1.29 is 9.22 Å². The normalized spacial score (nSPS) is 16.9. The van der Waals surface area contributed by atoms with Gasteiger partial charge >= 0.3 is 0 Å². The third-order valence-electron chi connectivity index (χ3n) is 3.54. The van der Waals surface area contributed by atoms with E-state index in [2.05, 4.69) is 40.8 Å². The minimum atomic E-state index is -1.62. The first-order chi connectivity index (χ1) is 7.10. The lowest BCUT2D eigenvalue weighted by Gasteiger charge is -2.37. The monoisotopic (exact) mass is 244 g/mol. The Bertz CT molecular complexity index is 218. The average Bonchev–Trinajstić information content (AvgIpc) is 2.13. The zero-order valence-electron chi connectivity index (χ0n) is 12.0. The van der Waals surface area contributed by atoms with Crippen LogP contribution in [0.4, 0.5) is 0 Å². The summed E-state index contributed by atoms with van der Waals surface area (Å²) in [4.78, 5) is 10.6. The van der Waals surface area contributed by atoms with Crippen LogP contribution < -0.4 is 0 Å². The van der Waals surface area contributed by atoms with Crippen LogP contribution >= 0.6 is 0 Å². The summed E-state index contributed by atoms with van der Waals surface area (Å²) in [5.74, 6) is 0.618. The number of aldehydes is 1. The first kappa shape index (κ1) is 15.8. The summed E-state index contributed by atoms with van der Waals surface area (Å²) in [6, 6.07) is 0. The smallest absolute Gasteiger partial charge is 0.191 e. The summed E-state index contributed by atoms with van der Waals surface area (Å²) < 4.78 is 6.12. The van der Waals surface area contributed by atoms with E-state index >= 15 is 0 Å². The SMILES string of the molecule is C[C@@H](CO[Si](C)(C)C(C)(C)C)C[C@H](C)C=O. The van der Waals surface area contributed by atoms with Gasteiger partial charge in [0.05, 0.1) is 0 Å². The van der Waals surface area contributed by atoms with Crippen LogP contribution in [0, 0.1) is 11.8 Å². The minimum Gasteiger partial charge on any atom is -0.417 e. The van der Waals surface area contributed by atoms with Crippen LogP contribution in [0.15, 0.2) is 0 Å². The van der Waals surface area contributed by atoms with Gasteiger partial charge in [-0.2, -0.15) is 0 Å². The molecule has 16 heavy (non-hydrogen) atoms. The van der Waals surface area contributed by atoms with E-state index in [-0.39, 0.29) is 11.0 Å². The van der Waals surface area contributed by atoms with Crippen molar-refractivity contribution in [3.8, 4) is 0 Å². The molecule has 0 aliphatic rings. The molecule has 0 unspecified atom stereocenters. The quantitative estimate of drug-likeness (QED) is 0.524. The molecule has 0 heterocycles. The van der Waals surface area contributed by atoms with Crippen LogP contribution in [-0.4, -0.2) is 21.2 Å². The molecule has 0 aromatic carbocycles. The fourth-order valence-corrected chi connectivity index (χ4v) is 2.46. The molecule has 0 aliphatic heterocycles. The molecule has 0 aromatic heterocycles. The van der Waals surface area contributed by atoms with Gasteiger partial charge in [-0.15, -0.1) is 0 Å². The third-order valence-corrected chi connectivity index (χ3v) is 8.04. The average molecular weight is 244 g/mol. The lowest BCUT2D eigenvalue weighted by atomic mass is 10.00. The van der Waals surface area contributed by atoms with Gasteiger partial charge in [-0.05, 0) is 30.5 Å². The van der Waals surface area contributed by atoms with Crippen molar-refractivity contribution in [2.24, 2.45) is 11.8 Å². The zero-order chi connectivity index (χ0) is 13.0. The molecule has 0 bridgehead atoms. The summed E-state index contributed by atoms with van der Waals surface area (Å²) in [6.45, 7) is 16.2. The van der Waals surface area contributed by atoms with Gasteiger partial charge in [-0.3, -0.25) is 0 Å². The van der Waals surface area contributed by atoms with Gasteiger partial charge in [-0.25, -0.2) is 0 Å². The van der Waals surface area contributed by atoms with Crippen molar-refractivity contribution in [2.45, 2.75) is 59.2 Å². The molecule has 96 valence electrons. The van der Waals surface area contributed by atoms with Crippen LogP contribution in [0.1, 0.15) is 41.0 Å². The Kier molecular flexibility index (Phi) is 5.91. The van der Waals surface area contributed by atoms with Crippen molar-refractivity contribution in [1.29, 1.82) is 0 Å². The predicted octanol–water partition coefficient (Wildman–Crippen LogP) is 3.87. The molecular formula is C13H28O2Si. The molecule has 0 saturated heterocycles. The summed E-state index contributed by atoms with van der Waals surface area (Å²) in [6.07, 6.45) is 1.96. The Hall–Kier alpha value is -0.153. The maximum Gasteiger partial charge on any atom is 0.191 e. The van der Waals surface area contributed by atoms with Crippen molar-refractivity contribution in [2.75, 3.05) is 6.61 Å². The molecule has 0 N–H and O–H groups in total. The summed E-state index contributed by atoms with van der Waals surface area (Å²) in [5.41, 5.74) is 0. The number of carbonyl (C=O) groups excluding carboxylic acids is 1. The van der Waals surface area contributed by atoms with Crippen LogP contribution in [0.2, 0.25) is 18.1 Å². The predicted molar refractivity (Wildman–Crippen MR) is 72.2 cm³/mol. The largest absolute Gasteiger partial charge is 0.417 e. The van der Waals surface area contributed by atoms with E-state index in [0.29, 0.717) is 5.92 Å². The Labute approximate surface area is 102 Å². The highest BCUT2D eigenvalue weighted by Crippen LogP contribution is 2.36. The number of hydrogen-bond acceptors (Lipinski definition) is 2. The first-order valence-corrected chi connectivity index (χ1v) is 9.10. The molecule has 3 heteroatoms. The highest BCUT2D eigenvalue weighted by atomic mass is 28.4. The standard InChI is InChI=1S/C13H28O2Si/c1-11(9-14)8-12(2)10-15-16(6,7)13(3,4)5/h9,11-12H,8,10H2,1-7H3/t11-,12+/m0/s1. The molecule has 0 aliphatic carbocycles. The van der Waals surface area contributed by atoms with Gasteiger partial charge in [0.15, 0.2) is 8.32 Å². The van der Waals surface area contributed by atoms with Crippen molar-refractivity contribution in [3.63, 3.8) is 0 Å². The van der Waals surface area contributed by atoms with E-state index in [9.17, 15) is 4.79 Å². The Balaban J connectivity index is 4.10. The van der Waals surface area contributed by atoms with Crippen LogP contribution in [-0.2, 0) is 9.22 Å². The molecule has 2 nitrogen and oxygen atoms in total. The van der Waals surface area contributed by atoms with E-state index < -0.39 is 8.32 Å². The lowest BCUT2D eigenvalue weighted by molar-refractivity contribution is -0.111. The summed E-state index contributed by atoms with van der Waals surface area (Å²) in [5, 5.41) is 0.267. The first-order valence-electron chi connectivity index (χ1n) is 6.19. The molecule has 0 fully saturated rings. The Morgan fingerprint density at radius 3 is 2.12 bits per heavy atom. The van der Waals surface area contributed by atoms with E-state index in [1.807, 2.05) is 6.92 Å². The molecule has 0 rings (SSSR count). The second kappa shape index (κ2) is 5.96. The second-order valence-electron chi connectivity index (χ2n) is 6.53. The van der Waals surface area contributed by atoms with Crippen LogP contribution in [0.5, 0.6) is 0 Å². The van der Waals surface area contributed by atoms with Crippen molar-refractivity contribution >= 4 is 14.6 Å². The molecular weight excluding hydrogens is 216 g/mol. The number of rotatable bonds is 6. The lowest BCUT2D eigenvalue weighted by Crippen LogP contribution is -2.41. The molecule has 0 amide bonds. The van der Waals surface area contributed by atoms with Gasteiger partial charge < -0.3 is 9.22 Å². The second-order valence-corrected chi connectivity index (χ2v) is 11.3. The Morgan fingerprint density at radius 2 is 1.75 bits per heavy atom. The molecule has 2 atom stereocenters. The van der Waals surface area contributed by atoms with Gasteiger partial charge in [0.1, 0.15) is 6.29 Å². The molecule has 0 saturated carbocycles. The topological polar surface area (TPSA) is 26.3 Å². The number of hydrogen-bond donors (Lipinski definition) is 0. The van der Waals surface area contributed by atoms with Crippen molar-refractivity contribution in [1.82, 2.24) is 0 Å². The van der Waals surface area contributed by atoms with E-state index in [1.165, 1.54) is 0 Å². The highest BCUT2D eigenvalue weighted by Gasteiger charge is 2.37. The highest BCUT2D eigenvalue weighted by molar-refractivity contribution is 6.74. The van der Waals surface area contributed by atoms with E-state index in [4.69, 9.17) is 4.43 Å². The molecule has 0 spiro atoms. The van der Waals surface area contributed by atoms with Gasteiger partial charge in [-0.1, -0.05) is 34.6 Å².